The van der Waals surface area contributed by atoms with Gasteiger partial charge in [0.2, 0.25) is 0 Å². The molecule has 4 rings (SSSR count). The summed E-state index contributed by atoms with van der Waals surface area (Å²) in [5.41, 5.74) is 6.38. The molecular formula is C18H16N4O2S2. The third-order valence-corrected chi connectivity index (χ3v) is 6.39. The quantitative estimate of drug-likeness (QED) is 0.536. The highest BCUT2D eigenvalue weighted by molar-refractivity contribution is 7.89. The van der Waals surface area contributed by atoms with E-state index in [9.17, 15) is 8.42 Å². The Labute approximate surface area is 155 Å². The highest BCUT2D eigenvalue weighted by Crippen LogP contribution is 2.33. The molecule has 0 saturated carbocycles. The maximum absolute atomic E-state index is 12.3. The first-order valence-corrected chi connectivity index (χ1v) is 10.6. The maximum atomic E-state index is 12.3. The number of aryl methyl sites for hydroxylation is 1. The topological polar surface area (TPSA) is 77.7 Å². The fourth-order valence-corrected chi connectivity index (χ4v) is 4.18. The van der Waals surface area contributed by atoms with Crippen LogP contribution in [0.5, 0.6) is 0 Å². The SMILES string of the molecule is CCS(=O)(=O)n1cc(-c2ccc3ncsc3c2)c(-c2cccc(C)n2)n1. The highest BCUT2D eigenvalue weighted by atomic mass is 32.2. The number of rotatable bonds is 4. The number of nitrogens with zero attached hydrogens (tertiary/aromatic N) is 4. The molecule has 0 radical (unpaired) electrons. The van der Waals surface area contributed by atoms with Crippen LogP contribution in [0, 0.1) is 6.92 Å². The second kappa shape index (κ2) is 6.30. The van der Waals surface area contributed by atoms with Gasteiger partial charge in [-0.05, 0) is 43.7 Å². The average molecular weight is 384 g/mol. The van der Waals surface area contributed by atoms with Crippen molar-refractivity contribution in [3.8, 4) is 22.5 Å². The largest absolute Gasteiger partial charge is 0.253 e. The number of thiazole rings is 1. The normalized spacial score (nSPS) is 11.9. The molecule has 3 heterocycles. The van der Waals surface area contributed by atoms with Crippen LogP contribution >= 0.6 is 11.3 Å². The summed E-state index contributed by atoms with van der Waals surface area (Å²) in [7, 11) is -3.49. The van der Waals surface area contributed by atoms with Crippen LogP contribution in [-0.2, 0) is 10.0 Å². The van der Waals surface area contributed by atoms with E-state index in [-0.39, 0.29) is 5.75 Å². The van der Waals surface area contributed by atoms with E-state index in [2.05, 4.69) is 15.1 Å². The lowest BCUT2D eigenvalue weighted by Crippen LogP contribution is -2.15. The Hall–Kier alpha value is -2.58. The smallest absolute Gasteiger partial charge is 0.251 e. The molecule has 0 saturated heterocycles. The van der Waals surface area contributed by atoms with E-state index in [1.165, 1.54) is 0 Å². The third-order valence-electron chi connectivity index (χ3n) is 4.12. The Morgan fingerprint density at radius 1 is 1.19 bits per heavy atom. The van der Waals surface area contributed by atoms with Gasteiger partial charge in [-0.1, -0.05) is 12.1 Å². The lowest BCUT2D eigenvalue weighted by Gasteiger charge is -2.03. The molecule has 0 aliphatic heterocycles. The van der Waals surface area contributed by atoms with Gasteiger partial charge in [0.25, 0.3) is 10.0 Å². The van der Waals surface area contributed by atoms with Crippen molar-refractivity contribution >= 4 is 31.6 Å². The number of pyridine rings is 1. The number of hydrogen-bond acceptors (Lipinski definition) is 6. The monoisotopic (exact) mass is 384 g/mol. The molecule has 8 heteroatoms. The number of fused-ring (bicyclic) bond motifs is 1. The summed E-state index contributed by atoms with van der Waals surface area (Å²) in [6, 6.07) is 11.5. The van der Waals surface area contributed by atoms with Gasteiger partial charge in [0.15, 0.2) is 0 Å². The van der Waals surface area contributed by atoms with E-state index >= 15 is 0 Å². The first-order valence-electron chi connectivity index (χ1n) is 8.08. The van der Waals surface area contributed by atoms with E-state index in [1.807, 2.05) is 43.3 Å². The van der Waals surface area contributed by atoms with Crippen LogP contribution in [0.15, 0.2) is 48.1 Å². The number of aromatic nitrogens is 4. The maximum Gasteiger partial charge on any atom is 0.253 e. The van der Waals surface area contributed by atoms with Gasteiger partial charge in [-0.15, -0.1) is 11.3 Å². The molecule has 0 unspecified atom stereocenters. The molecule has 0 atom stereocenters. The summed E-state index contributed by atoms with van der Waals surface area (Å²) >= 11 is 1.54. The van der Waals surface area contributed by atoms with Crippen LogP contribution in [0.1, 0.15) is 12.6 Å². The Morgan fingerprint density at radius 2 is 2.04 bits per heavy atom. The van der Waals surface area contributed by atoms with Crippen molar-refractivity contribution in [3.05, 3.63) is 53.8 Å². The van der Waals surface area contributed by atoms with Crippen LogP contribution < -0.4 is 0 Å². The van der Waals surface area contributed by atoms with Crippen molar-refractivity contribution < 1.29 is 8.42 Å². The van der Waals surface area contributed by atoms with E-state index in [1.54, 1.807) is 30.0 Å². The molecule has 0 spiro atoms. The Kier molecular flexibility index (Phi) is 4.08. The van der Waals surface area contributed by atoms with Crippen molar-refractivity contribution in [3.63, 3.8) is 0 Å². The average Bonchev–Trinajstić information content (AvgIpc) is 3.28. The molecule has 1 aromatic carbocycles. The molecule has 0 N–H and O–H groups in total. The van der Waals surface area contributed by atoms with E-state index in [0.29, 0.717) is 11.4 Å². The van der Waals surface area contributed by atoms with Gasteiger partial charge in [-0.3, -0.25) is 4.98 Å². The van der Waals surface area contributed by atoms with Crippen molar-refractivity contribution in [2.45, 2.75) is 13.8 Å². The molecule has 0 aliphatic carbocycles. The zero-order valence-electron chi connectivity index (χ0n) is 14.2. The summed E-state index contributed by atoms with van der Waals surface area (Å²) in [5.74, 6) is -0.0251. The molecule has 4 aromatic rings. The molecule has 0 amide bonds. The van der Waals surface area contributed by atoms with Crippen molar-refractivity contribution in [2.75, 3.05) is 5.75 Å². The van der Waals surface area contributed by atoms with Crippen LogP contribution in [-0.4, -0.2) is 33.3 Å². The van der Waals surface area contributed by atoms with Gasteiger partial charge in [0.1, 0.15) is 5.69 Å². The summed E-state index contributed by atoms with van der Waals surface area (Å²) in [6.07, 6.45) is 1.57. The zero-order chi connectivity index (χ0) is 18.3. The molecule has 0 aliphatic rings. The predicted octanol–water partition coefficient (Wildman–Crippen LogP) is 3.73. The second-order valence-electron chi connectivity index (χ2n) is 5.86. The fraction of sp³-hybridized carbons (Fsp3) is 0.167. The van der Waals surface area contributed by atoms with Crippen molar-refractivity contribution in [2.24, 2.45) is 0 Å². The minimum Gasteiger partial charge on any atom is -0.251 e. The molecule has 0 fully saturated rings. The molecule has 3 aromatic heterocycles. The van der Waals surface area contributed by atoms with Gasteiger partial charge in [0.05, 0.1) is 33.4 Å². The predicted molar refractivity (Wildman–Crippen MR) is 104 cm³/mol. The highest BCUT2D eigenvalue weighted by Gasteiger charge is 2.20. The molecule has 6 nitrogen and oxygen atoms in total. The summed E-state index contributed by atoms with van der Waals surface area (Å²) in [6.45, 7) is 3.50. The number of hydrogen-bond donors (Lipinski definition) is 0. The Balaban J connectivity index is 1.97. The van der Waals surface area contributed by atoms with Crippen LogP contribution in [0.3, 0.4) is 0 Å². The van der Waals surface area contributed by atoms with Crippen molar-refractivity contribution in [1.82, 2.24) is 19.2 Å². The van der Waals surface area contributed by atoms with Gasteiger partial charge < -0.3 is 0 Å². The minimum atomic E-state index is -3.49. The van der Waals surface area contributed by atoms with Crippen LogP contribution in [0.2, 0.25) is 0 Å². The molecule has 132 valence electrons. The summed E-state index contributed by atoms with van der Waals surface area (Å²) < 4.78 is 26.8. The lowest BCUT2D eigenvalue weighted by atomic mass is 10.0. The van der Waals surface area contributed by atoms with Crippen molar-refractivity contribution in [1.29, 1.82) is 0 Å². The first kappa shape index (κ1) is 16.9. The molecular weight excluding hydrogens is 368 g/mol. The van der Waals surface area contributed by atoms with E-state index in [0.717, 1.165) is 31.1 Å². The van der Waals surface area contributed by atoms with Gasteiger partial charge >= 0.3 is 0 Å². The first-order chi connectivity index (χ1) is 12.5. The van der Waals surface area contributed by atoms with Crippen LogP contribution in [0.4, 0.5) is 0 Å². The van der Waals surface area contributed by atoms with E-state index in [4.69, 9.17) is 0 Å². The third kappa shape index (κ3) is 2.91. The standard InChI is InChI=1S/C18H16N4O2S2/c1-3-26(23,24)22-10-14(13-7-8-15-17(9-13)25-11-19-15)18(21-22)16-6-4-5-12(2)20-16/h4-11H,3H2,1-2H3. The lowest BCUT2D eigenvalue weighted by molar-refractivity contribution is 0.581. The Morgan fingerprint density at radius 3 is 2.81 bits per heavy atom. The summed E-state index contributed by atoms with van der Waals surface area (Å²) in [5, 5.41) is 4.36. The number of benzene rings is 1. The van der Waals surface area contributed by atoms with Gasteiger partial charge in [-0.2, -0.15) is 9.19 Å². The molecule has 26 heavy (non-hydrogen) atoms. The van der Waals surface area contributed by atoms with Crippen LogP contribution in [0.25, 0.3) is 32.7 Å². The summed E-state index contributed by atoms with van der Waals surface area (Å²) in [4.78, 5) is 8.82. The van der Waals surface area contributed by atoms with Gasteiger partial charge in [0, 0.05) is 11.3 Å². The zero-order valence-corrected chi connectivity index (χ0v) is 15.9. The van der Waals surface area contributed by atoms with Gasteiger partial charge in [-0.25, -0.2) is 13.4 Å². The minimum absolute atomic E-state index is 0.0251. The Bertz CT molecular complexity index is 1210. The van der Waals surface area contributed by atoms with E-state index < -0.39 is 10.0 Å². The second-order valence-corrected chi connectivity index (χ2v) is 8.87. The molecule has 0 bridgehead atoms. The fourth-order valence-electron chi connectivity index (χ4n) is 2.73.